The number of quaternary nitrogens is 1. The molecule has 0 spiro atoms. The highest BCUT2D eigenvalue weighted by atomic mass is 32.1. The van der Waals surface area contributed by atoms with Gasteiger partial charge in [-0.1, -0.05) is 0 Å². The molecule has 0 aliphatic heterocycles. The van der Waals surface area contributed by atoms with Crippen LogP contribution in [-0.4, -0.2) is 9.97 Å². The predicted octanol–water partition coefficient (Wildman–Crippen LogP) is 1.26. The molecule has 0 saturated carbocycles. The molecule has 2 rings (SSSR count). The van der Waals surface area contributed by atoms with Crippen LogP contribution in [0.25, 0.3) is 10.6 Å². The lowest BCUT2D eigenvalue weighted by Crippen LogP contribution is -2.47. The Hall–Kier alpha value is -1.26. The summed E-state index contributed by atoms with van der Waals surface area (Å²) in [4.78, 5) is 9.75. The molecule has 0 amide bonds. The van der Waals surface area contributed by atoms with E-state index in [1.54, 1.807) is 23.7 Å². The third-order valence-electron chi connectivity index (χ3n) is 2.05. The van der Waals surface area contributed by atoms with Crippen molar-refractivity contribution in [2.24, 2.45) is 0 Å². The van der Waals surface area contributed by atoms with E-state index in [0.717, 1.165) is 22.8 Å². The van der Waals surface area contributed by atoms with Crippen molar-refractivity contribution in [1.82, 2.24) is 9.97 Å². The number of aromatic nitrogens is 2. The van der Waals surface area contributed by atoms with Crippen LogP contribution in [0.3, 0.4) is 0 Å². The van der Waals surface area contributed by atoms with Crippen molar-refractivity contribution >= 4 is 11.3 Å². The number of hydrogen-bond acceptors (Lipinski definition) is 3. The minimum atomic E-state index is 0.814. The van der Waals surface area contributed by atoms with Crippen LogP contribution in [0.4, 0.5) is 0 Å². The van der Waals surface area contributed by atoms with Gasteiger partial charge in [0.25, 0.3) is 0 Å². The lowest BCUT2D eigenvalue weighted by Gasteiger charge is -1.92. The van der Waals surface area contributed by atoms with Gasteiger partial charge in [-0.15, -0.1) is 11.3 Å². The Labute approximate surface area is 86.6 Å². The number of pyridine rings is 1. The average molecular weight is 206 g/mol. The lowest BCUT2D eigenvalue weighted by atomic mass is 10.3. The molecule has 0 bridgehead atoms. The Morgan fingerprint density at radius 1 is 1.36 bits per heavy atom. The van der Waals surface area contributed by atoms with Crippen molar-refractivity contribution in [2.75, 3.05) is 0 Å². The zero-order chi connectivity index (χ0) is 9.97. The minimum Gasteiger partial charge on any atom is -0.353 e. The van der Waals surface area contributed by atoms with Crippen LogP contribution >= 0.6 is 11.3 Å². The maximum atomic E-state index is 4.50. The third kappa shape index (κ3) is 1.66. The highest BCUT2D eigenvalue weighted by Gasteiger charge is 2.08. The maximum Gasteiger partial charge on any atom is 0.124 e. The van der Waals surface area contributed by atoms with Crippen LogP contribution < -0.4 is 5.73 Å². The summed E-state index contributed by atoms with van der Waals surface area (Å²) >= 11 is 1.71. The van der Waals surface area contributed by atoms with E-state index in [9.17, 15) is 0 Å². The van der Waals surface area contributed by atoms with E-state index >= 15 is 0 Å². The number of thiazole rings is 1. The van der Waals surface area contributed by atoms with E-state index < -0.39 is 0 Å². The second kappa shape index (κ2) is 3.86. The second-order valence-corrected chi connectivity index (χ2v) is 4.10. The first kappa shape index (κ1) is 9.30. The fourth-order valence-electron chi connectivity index (χ4n) is 1.28. The summed E-state index contributed by atoms with van der Waals surface area (Å²) in [6.07, 6.45) is 3.58. The molecular weight excluding hydrogens is 194 g/mol. The fourth-order valence-corrected chi connectivity index (χ4v) is 2.24. The number of hydrogen-bond donors (Lipinski definition) is 1. The van der Waals surface area contributed by atoms with Gasteiger partial charge in [-0.25, -0.2) is 4.98 Å². The van der Waals surface area contributed by atoms with Gasteiger partial charge in [-0.05, 0) is 19.1 Å². The molecule has 14 heavy (non-hydrogen) atoms. The molecule has 4 heteroatoms. The minimum absolute atomic E-state index is 0.814. The lowest BCUT2D eigenvalue weighted by molar-refractivity contribution is -0.385. The molecule has 2 heterocycles. The van der Waals surface area contributed by atoms with Crippen molar-refractivity contribution < 1.29 is 5.73 Å². The van der Waals surface area contributed by atoms with Gasteiger partial charge >= 0.3 is 0 Å². The first-order valence-corrected chi connectivity index (χ1v) is 5.29. The molecule has 0 saturated heterocycles. The Bertz CT molecular complexity index is 422. The van der Waals surface area contributed by atoms with Gasteiger partial charge in [0.2, 0.25) is 0 Å². The Balaban J connectivity index is 2.43. The van der Waals surface area contributed by atoms with Gasteiger partial charge in [0.05, 0.1) is 10.6 Å². The van der Waals surface area contributed by atoms with E-state index in [0.29, 0.717) is 0 Å². The molecular formula is C10H12N3S+. The Morgan fingerprint density at radius 3 is 2.64 bits per heavy atom. The van der Waals surface area contributed by atoms with Gasteiger partial charge in [0.1, 0.15) is 11.6 Å². The first-order valence-electron chi connectivity index (χ1n) is 4.47. The van der Waals surface area contributed by atoms with Crippen LogP contribution in [0.1, 0.15) is 10.6 Å². The standard InChI is InChI=1S/C10H11N3S/c1-7-9(6-11)14-10(13-7)8-2-4-12-5-3-8/h2-5H,6,11H2,1H3/p+1. The van der Waals surface area contributed by atoms with Crippen molar-refractivity contribution in [1.29, 1.82) is 0 Å². The molecule has 0 aliphatic carbocycles. The molecule has 0 radical (unpaired) electrons. The van der Waals surface area contributed by atoms with Gasteiger partial charge in [-0.2, -0.15) is 0 Å². The molecule has 72 valence electrons. The van der Waals surface area contributed by atoms with Crippen LogP contribution in [0.2, 0.25) is 0 Å². The van der Waals surface area contributed by atoms with Gasteiger partial charge < -0.3 is 5.73 Å². The third-order valence-corrected chi connectivity index (χ3v) is 3.31. The summed E-state index contributed by atoms with van der Waals surface area (Å²) in [7, 11) is 0. The quantitative estimate of drug-likeness (QED) is 0.804. The van der Waals surface area contributed by atoms with Crippen molar-refractivity contribution in [3.05, 3.63) is 35.1 Å². The normalized spacial score (nSPS) is 10.4. The summed E-state index contributed by atoms with van der Waals surface area (Å²) < 4.78 is 0. The van der Waals surface area contributed by atoms with Gasteiger partial charge in [0.15, 0.2) is 0 Å². The summed E-state index contributed by atoms with van der Waals surface area (Å²) in [5, 5.41) is 1.06. The molecule has 0 aromatic carbocycles. The highest BCUT2D eigenvalue weighted by Crippen LogP contribution is 2.26. The van der Waals surface area contributed by atoms with Crippen molar-refractivity contribution in [3.8, 4) is 10.6 Å². The Morgan fingerprint density at radius 2 is 2.07 bits per heavy atom. The molecule has 0 atom stereocenters. The summed E-state index contributed by atoms with van der Waals surface area (Å²) in [6.45, 7) is 2.84. The molecule has 0 aliphatic rings. The van der Waals surface area contributed by atoms with Gasteiger partial charge in [0, 0.05) is 18.0 Å². The van der Waals surface area contributed by atoms with Crippen LogP contribution in [0, 0.1) is 6.92 Å². The molecule has 3 nitrogen and oxygen atoms in total. The SMILES string of the molecule is Cc1nc(-c2ccncc2)sc1C[NH3+]. The van der Waals surface area contributed by atoms with E-state index in [1.165, 1.54) is 4.88 Å². The average Bonchev–Trinajstić information content (AvgIpc) is 2.61. The maximum absolute atomic E-state index is 4.50. The van der Waals surface area contributed by atoms with Gasteiger partial charge in [-0.3, -0.25) is 4.98 Å². The smallest absolute Gasteiger partial charge is 0.124 e. The van der Waals surface area contributed by atoms with Crippen molar-refractivity contribution in [3.63, 3.8) is 0 Å². The predicted molar refractivity (Wildman–Crippen MR) is 56.7 cm³/mol. The molecule has 0 unspecified atom stereocenters. The first-order chi connectivity index (χ1) is 6.81. The van der Waals surface area contributed by atoms with E-state index in [2.05, 4.69) is 15.7 Å². The zero-order valence-electron chi connectivity index (χ0n) is 8.03. The van der Waals surface area contributed by atoms with Crippen LogP contribution in [0.15, 0.2) is 24.5 Å². The van der Waals surface area contributed by atoms with Crippen molar-refractivity contribution in [2.45, 2.75) is 13.5 Å². The molecule has 2 aromatic rings. The number of nitrogens with zero attached hydrogens (tertiary/aromatic N) is 2. The topological polar surface area (TPSA) is 53.4 Å². The molecule has 0 fully saturated rings. The molecule has 3 N–H and O–H groups in total. The van der Waals surface area contributed by atoms with Crippen LogP contribution in [-0.2, 0) is 6.54 Å². The largest absolute Gasteiger partial charge is 0.353 e. The van der Waals surface area contributed by atoms with E-state index in [4.69, 9.17) is 0 Å². The second-order valence-electron chi connectivity index (χ2n) is 3.01. The molecule has 2 aromatic heterocycles. The summed E-state index contributed by atoms with van der Waals surface area (Å²) in [5.41, 5.74) is 6.11. The summed E-state index contributed by atoms with van der Waals surface area (Å²) in [6, 6.07) is 3.95. The van der Waals surface area contributed by atoms with E-state index in [1.807, 2.05) is 19.1 Å². The highest BCUT2D eigenvalue weighted by molar-refractivity contribution is 7.15. The fraction of sp³-hybridized carbons (Fsp3) is 0.200. The zero-order valence-corrected chi connectivity index (χ0v) is 8.84. The summed E-state index contributed by atoms with van der Waals surface area (Å²) in [5.74, 6) is 0. The number of aryl methyl sites for hydroxylation is 1. The monoisotopic (exact) mass is 206 g/mol. The van der Waals surface area contributed by atoms with Crippen LogP contribution in [0.5, 0.6) is 0 Å². The number of rotatable bonds is 2. The Kier molecular flexibility index (Phi) is 2.56. The van der Waals surface area contributed by atoms with E-state index in [-0.39, 0.29) is 0 Å².